The number of aliphatic hydroxyl groups is 1. The van der Waals surface area contributed by atoms with Crippen LogP contribution in [0.2, 0.25) is 0 Å². The van der Waals surface area contributed by atoms with Gasteiger partial charge in [-0.2, -0.15) is 5.10 Å². The fourth-order valence-corrected chi connectivity index (χ4v) is 3.34. The quantitative estimate of drug-likeness (QED) is 0.830. The summed E-state index contributed by atoms with van der Waals surface area (Å²) >= 11 is 0. The molecule has 0 aromatic carbocycles. The van der Waals surface area contributed by atoms with E-state index in [1.54, 1.807) is 0 Å². The van der Waals surface area contributed by atoms with Crippen molar-refractivity contribution in [2.75, 3.05) is 20.2 Å². The summed E-state index contributed by atoms with van der Waals surface area (Å²) < 4.78 is 1.84. The lowest BCUT2D eigenvalue weighted by Crippen LogP contribution is -2.38. The molecule has 1 saturated carbocycles. The van der Waals surface area contributed by atoms with E-state index in [-0.39, 0.29) is 5.41 Å². The molecular formula is C15H27N3O. The first-order chi connectivity index (χ1) is 9.13. The van der Waals surface area contributed by atoms with Crippen molar-refractivity contribution >= 4 is 0 Å². The minimum Gasteiger partial charge on any atom is -0.396 e. The summed E-state index contributed by atoms with van der Waals surface area (Å²) in [5.41, 5.74) is 1.36. The van der Waals surface area contributed by atoms with Gasteiger partial charge in [-0.25, -0.2) is 0 Å². The molecule has 0 amide bonds. The van der Waals surface area contributed by atoms with Crippen LogP contribution in [0.15, 0.2) is 12.4 Å². The van der Waals surface area contributed by atoms with Crippen LogP contribution in [0, 0.1) is 5.41 Å². The predicted molar refractivity (Wildman–Crippen MR) is 76.8 cm³/mol. The Hall–Kier alpha value is -0.870. The van der Waals surface area contributed by atoms with E-state index < -0.39 is 0 Å². The molecular weight excluding hydrogens is 238 g/mol. The second-order valence-corrected chi connectivity index (χ2v) is 6.27. The number of rotatable bonds is 5. The van der Waals surface area contributed by atoms with Gasteiger partial charge in [-0.05, 0) is 19.9 Å². The molecule has 4 heteroatoms. The molecule has 2 rings (SSSR count). The van der Waals surface area contributed by atoms with Gasteiger partial charge in [0.25, 0.3) is 0 Å². The number of hydrogen-bond donors (Lipinski definition) is 1. The van der Waals surface area contributed by atoms with Crippen LogP contribution in [-0.4, -0.2) is 40.0 Å². The fourth-order valence-electron chi connectivity index (χ4n) is 3.34. The second kappa shape index (κ2) is 6.53. The van der Waals surface area contributed by atoms with Crippen molar-refractivity contribution in [3.05, 3.63) is 18.0 Å². The molecule has 0 atom stereocenters. The zero-order chi connectivity index (χ0) is 13.7. The average molecular weight is 265 g/mol. The Morgan fingerprint density at radius 2 is 2.00 bits per heavy atom. The molecule has 0 saturated heterocycles. The monoisotopic (exact) mass is 265 g/mol. The van der Waals surface area contributed by atoms with E-state index in [0.29, 0.717) is 6.61 Å². The molecule has 108 valence electrons. The van der Waals surface area contributed by atoms with E-state index in [1.165, 1.54) is 44.1 Å². The SMILES string of the molecule is CN(Cc1cnn(C)c1)CC1(CO)CCCCCC1. The van der Waals surface area contributed by atoms with Gasteiger partial charge in [0.05, 0.1) is 6.20 Å². The molecule has 0 aliphatic heterocycles. The zero-order valence-electron chi connectivity index (χ0n) is 12.3. The van der Waals surface area contributed by atoms with Crippen LogP contribution in [0.25, 0.3) is 0 Å². The van der Waals surface area contributed by atoms with E-state index in [4.69, 9.17) is 0 Å². The Kier molecular flexibility index (Phi) is 4.99. The van der Waals surface area contributed by atoms with Gasteiger partial charge in [-0.1, -0.05) is 25.7 Å². The molecule has 1 aliphatic rings. The van der Waals surface area contributed by atoms with Gasteiger partial charge >= 0.3 is 0 Å². The Morgan fingerprint density at radius 3 is 2.53 bits per heavy atom. The minimum atomic E-state index is 0.119. The highest BCUT2D eigenvalue weighted by Gasteiger charge is 2.31. The van der Waals surface area contributed by atoms with Crippen molar-refractivity contribution in [2.24, 2.45) is 12.5 Å². The normalized spacial score (nSPS) is 19.6. The van der Waals surface area contributed by atoms with Crippen molar-refractivity contribution in [1.29, 1.82) is 0 Å². The van der Waals surface area contributed by atoms with E-state index in [2.05, 4.69) is 23.2 Å². The lowest BCUT2D eigenvalue weighted by atomic mass is 9.80. The van der Waals surface area contributed by atoms with Crippen molar-refractivity contribution < 1.29 is 5.11 Å². The summed E-state index contributed by atoms with van der Waals surface area (Å²) in [6.07, 6.45) is 11.5. The molecule has 1 aliphatic carbocycles. The molecule has 1 aromatic heterocycles. The van der Waals surface area contributed by atoms with Gasteiger partial charge in [0.1, 0.15) is 0 Å². The van der Waals surface area contributed by atoms with Crippen LogP contribution < -0.4 is 0 Å². The number of nitrogens with zero attached hydrogens (tertiary/aromatic N) is 3. The van der Waals surface area contributed by atoms with Crippen LogP contribution in [-0.2, 0) is 13.6 Å². The number of hydrogen-bond acceptors (Lipinski definition) is 3. The summed E-state index contributed by atoms with van der Waals surface area (Å²) in [6, 6.07) is 0. The van der Waals surface area contributed by atoms with Crippen molar-refractivity contribution in [2.45, 2.75) is 45.1 Å². The molecule has 0 radical (unpaired) electrons. The molecule has 1 heterocycles. The van der Waals surface area contributed by atoms with Crippen LogP contribution in [0.4, 0.5) is 0 Å². The third-order valence-electron chi connectivity index (χ3n) is 4.32. The Labute approximate surface area is 116 Å². The highest BCUT2D eigenvalue weighted by atomic mass is 16.3. The zero-order valence-corrected chi connectivity index (χ0v) is 12.3. The smallest absolute Gasteiger partial charge is 0.0534 e. The van der Waals surface area contributed by atoms with Gasteiger partial charge in [0.2, 0.25) is 0 Å². The molecule has 0 spiro atoms. The van der Waals surface area contributed by atoms with Gasteiger partial charge in [0.15, 0.2) is 0 Å². The van der Waals surface area contributed by atoms with Crippen LogP contribution in [0.5, 0.6) is 0 Å². The van der Waals surface area contributed by atoms with Crippen LogP contribution in [0.1, 0.15) is 44.1 Å². The van der Waals surface area contributed by atoms with Crippen molar-refractivity contribution in [3.63, 3.8) is 0 Å². The summed E-state index contributed by atoms with van der Waals surface area (Å²) in [5, 5.41) is 14.1. The van der Waals surface area contributed by atoms with E-state index >= 15 is 0 Å². The average Bonchev–Trinajstić information content (AvgIpc) is 2.65. The van der Waals surface area contributed by atoms with Crippen molar-refractivity contribution in [1.82, 2.24) is 14.7 Å². The molecule has 4 nitrogen and oxygen atoms in total. The maximum absolute atomic E-state index is 9.84. The molecule has 1 N–H and O–H groups in total. The van der Waals surface area contributed by atoms with E-state index in [9.17, 15) is 5.11 Å². The van der Waals surface area contributed by atoms with Gasteiger partial charge in [-0.3, -0.25) is 4.68 Å². The molecule has 0 unspecified atom stereocenters. The molecule has 19 heavy (non-hydrogen) atoms. The predicted octanol–water partition coefficient (Wildman–Crippen LogP) is 2.18. The molecule has 1 fully saturated rings. The maximum atomic E-state index is 9.84. The third kappa shape index (κ3) is 4.05. The van der Waals surface area contributed by atoms with Crippen LogP contribution >= 0.6 is 0 Å². The summed E-state index contributed by atoms with van der Waals surface area (Å²) in [6.45, 7) is 2.22. The van der Waals surface area contributed by atoms with Crippen molar-refractivity contribution in [3.8, 4) is 0 Å². The first kappa shape index (κ1) is 14.5. The topological polar surface area (TPSA) is 41.3 Å². The second-order valence-electron chi connectivity index (χ2n) is 6.27. The fraction of sp³-hybridized carbons (Fsp3) is 0.800. The van der Waals surface area contributed by atoms with Gasteiger partial charge < -0.3 is 10.0 Å². The summed E-state index contributed by atoms with van der Waals surface area (Å²) in [5.74, 6) is 0. The lowest BCUT2D eigenvalue weighted by molar-refractivity contribution is 0.0663. The summed E-state index contributed by atoms with van der Waals surface area (Å²) in [4.78, 5) is 2.33. The van der Waals surface area contributed by atoms with Crippen LogP contribution in [0.3, 0.4) is 0 Å². The Morgan fingerprint density at radius 1 is 1.32 bits per heavy atom. The minimum absolute atomic E-state index is 0.119. The van der Waals surface area contributed by atoms with Gasteiger partial charge in [0, 0.05) is 43.9 Å². The third-order valence-corrected chi connectivity index (χ3v) is 4.32. The standard InChI is InChI=1S/C15H27N3O/c1-17(10-14-9-16-18(2)11-14)12-15(13-19)7-5-3-4-6-8-15/h9,11,19H,3-8,10,12-13H2,1-2H3. The highest BCUT2D eigenvalue weighted by molar-refractivity contribution is 5.03. The Bertz CT molecular complexity index is 380. The maximum Gasteiger partial charge on any atom is 0.0534 e. The number of aromatic nitrogens is 2. The highest BCUT2D eigenvalue weighted by Crippen LogP contribution is 2.35. The summed E-state index contributed by atoms with van der Waals surface area (Å²) in [7, 11) is 4.10. The Balaban J connectivity index is 1.93. The number of aliphatic hydroxyl groups excluding tert-OH is 1. The largest absolute Gasteiger partial charge is 0.396 e. The molecule has 1 aromatic rings. The first-order valence-corrected chi connectivity index (χ1v) is 7.40. The first-order valence-electron chi connectivity index (χ1n) is 7.40. The van der Waals surface area contributed by atoms with Gasteiger partial charge in [-0.15, -0.1) is 0 Å². The van der Waals surface area contributed by atoms with E-state index in [0.717, 1.165) is 13.1 Å². The van der Waals surface area contributed by atoms with E-state index in [1.807, 2.05) is 17.9 Å². The molecule has 0 bridgehead atoms. The lowest BCUT2D eigenvalue weighted by Gasteiger charge is -2.34. The number of aryl methyl sites for hydroxylation is 1.